The Kier molecular flexibility index (Phi) is 3.60. The van der Waals surface area contributed by atoms with Crippen LogP contribution in [0.4, 0.5) is 0 Å². The minimum Gasteiger partial charge on any atom is -0.381 e. The maximum absolute atomic E-state index is 6.15. The predicted octanol–water partition coefficient (Wildman–Crippen LogP) is 2.65. The topological polar surface area (TPSA) is 66.0 Å². The van der Waals surface area contributed by atoms with E-state index in [-0.39, 0.29) is 0 Å². The number of benzene rings is 1. The summed E-state index contributed by atoms with van der Waals surface area (Å²) in [6, 6.07) is 11.0. The molecule has 1 saturated heterocycles. The van der Waals surface area contributed by atoms with E-state index in [9.17, 15) is 0 Å². The number of nitrogens with two attached hydrogens (primary N) is 1. The van der Waals surface area contributed by atoms with Crippen LogP contribution in [0.25, 0.3) is 15.8 Å². The summed E-state index contributed by atoms with van der Waals surface area (Å²) in [7, 11) is 0. The van der Waals surface area contributed by atoms with Gasteiger partial charge in [0.05, 0.1) is 22.8 Å². The second kappa shape index (κ2) is 5.97. The lowest BCUT2D eigenvalue weighted by atomic mass is 9.92. The first-order valence-corrected chi connectivity index (χ1v) is 9.70. The third kappa shape index (κ3) is 2.56. The van der Waals surface area contributed by atoms with Gasteiger partial charge in [-0.1, -0.05) is 18.2 Å². The minimum atomic E-state index is 0.299. The third-order valence-corrected chi connectivity index (χ3v) is 6.45. The van der Waals surface area contributed by atoms with E-state index in [0.29, 0.717) is 17.8 Å². The normalized spacial score (nSPS) is 26.2. The molecule has 0 bridgehead atoms. The largest absolute Gasteiger partial charge is 0.381 e. The summed E-state index contributed by atoms with van der Waals surface area (Å²) < 4.78 is 1.30. The second-order valence-corrected chi connectivity index (χ2v) is 8.00. The number of piperidine rings is 1. The lowest BCUT2D eigenvalue weighted by molar-refractivity contribution is 0.316. The fraction of sp³-hybridized carbons (Fsp3) is 0.368. The van der Waals surface area contributed by atoms with Gasteiger partial charge in [0.15, 0.2) is 11.7 Å². The Balaban J connectivity index is 1.49. The smallest absolute Gasteiger partial charge is 0.171 e. The maximum atomic E-state index is 6.15. The molecule has 1 aromatic heterocycles. The zero-order valence-corrected chi connectivity index (χ0v) is 14.8. The highest BCUT2D eigenvalue weighted by atomic mass is 32.1. The molecule has 0 amide bonds. The van der Waals surface area contributed by atoms with Gasteiger partial charge in [0, 0.05) is 17.8 Å². The van der Waals surface area contributed by atoms with E-state index in [1.54, 1.807) is 11.3 Å². The van der Waals surface area contributed by atoms with Crippen molar-refractivity contribution in [3.63, 3.8) is 0 Å². The van der Waals surface area contributed by atoms with Crippen molar-refractivity contribution in [2.45, 2.75) is 18.9 Å². The van der Waals surface area contributed by atoms with Crippen LogP contribution in [-0.2, 0) is 0 Å². The lowest BCUT2D eigenvalue weighted by Gasteiger charge is -2.28. The lowest BCUT2D eigenvalue weighted by Crippen LogP contribution is -2.41. The summed E-state index contributed by atoms with van der Waals surface area (Å²) in [5.74, 6) is 1.98. The number of rotatable bonds is 2. The zero-order chi connectivity index (χ0) is 16.8. The average molecular weight is 351 g/mol. The molecule has 0 spiro atoms. The number of thiophene rings is 1. The molecule has 1 fully saturated rings. The van der Waals surface area contributed by atoms with E-state index in [1.165, 1.54) is 27.8 Å². The molecule has 5 nitrogen and oxygen atoms in total. The first-order chi connectivity index (χ1) is 12.3. The van der Waals surface area contributed by atoms with Crippen LogP contribution in [0.2, 0.25) is 0 Å². The number of fused-ring (bicyclic) bond motifs is 2. The molecule has 5 rings (SSSR count). The average Bonchev–Trinajstić information content (AvgIpc) is 3.28. The second-order valence-electron chi connectivity index (χ2n) is 6.91. The van der Waals surface area contributed by atoms with E-state index >= 15 is 0 Å². The van der Waals surface area contributed by atoms with E-state index in [1.807, 2.05) is 6.20 Å². The van der Waals surface area contributed by atoms with Gasteiger partial charge in [-0.3, -0.25) is 4.99 Å². The summed E-state index contributed by atoms with van der Waals surface area (Å²) in [6.45, 7) is 3.08. The van der Waals surface area contributed by atoms with Crippen LogP contribution < -0.4 is 11.1 Å². The molecule has 1 unspecified atom stereocenters. The molecule has 0 aliphatic carbocycles. The molecule has 3 aliphatic rings. The first kappa shape index (κ1) is 15.1. The van der Waals surface area contributed by atoms with E-state index in [0.717, 1.165) is 31.2 Å². The Hall–Kier alpha value is -2.18. The molecule has 128 valence electrons. The molecular formula is C19H21N5S. The van der Waals surface area contributed by atoms with E-state index in [2.05, 4.69) is 45.5 Å². The summed E-state index contributed by atoms with van der Waals surface area (Å²) >= 11 is 1.80. The highest BCUT2D eigenvalue weighted by Crippen LogP contribution is 2.36. The molecule has 1 aromatic carbocycles. The van der Waals surface area contributed by atoms with Crippen molar-refractivity contribution in [3.05, 3.63) is 41.4 Å². The first-order valence-electron chi connectivity index (χ1n) is 8.88. The highest BCUT2D eigenvalue weighted by Gasteiger charge is 2.36. The Bertz CT molecular complexity index is 870. The number of nitrogens with one attached hydrogen (secondary N) is 1. The van der Waals surface area contributed by atoms with Gasteiger partial charge in [0.2, 0.25) is 0 Å². The molecule has 3 N–H and O–H groups in total. The Morgan fingerprint density at radius 2 is 2.20 bits per heavy atom. The van der Waals surface area contributed by atoms with Gasteiger partial charge in [-0.2, -0.15) is 0 Å². The van der Waals surface area contributed by atoms with Crippen LogP contribution in [0.1, 0.15) is 17.7 Å². The van der Waals surface area contributed by atoms with Gasteiger partial charge in [-0.05, 0) is 42.8 Å². The van der Waals surface area contributed by atoms with Crippen LogP contribution in [0.15, 0.2) is 46.5 Å². The fourth-order valence-electron chi connectivity index (χ4n) is 3.98. The minimum absolute atomic E-state index is 0.299. The van der Waals surface area contributed by atoms with Gasteiger partial charge >= 0.3 is 0 Å². The molecule has 2 atom stereocenters. The number of aliphatic imine (C=N–C) groups is 2. The van der Waals surface area contributed by atoms with Gasteiger partial charge < -0.3 is 16.0 Å². The van der Waals surface area contributed by atoms with Crippen LogP contribution in [0.3, 0.4) is 0 Å². The zero-order valence-electron chi connectivity index (χ0n) is 14.0. The van der Waals surface area contributed by atoms with Crippen LogP contribution >= 0.6 is 11.3 Å². The molecule has 0 saturated carbocycles. The third-order valence-electron chi connectivity index (χ3n) is 5.32. The number of nitrogens with zero attached hydrogens (tertiary/aromatic N) is 3. The summed E-state index contributed by atoms with van der Waals surface area (Å²) in [6.07, 6.45) is 4.37. The molecule has 4 heterocycles. The summed E-state index contributed by atoms with van der Waals surface area (Å²) in [5.41, 5.74) is 7.27. The quantitative estimate of drug-likeness (QED) is 0.874. The Labute approximate surface area is 151 Å². The van der Waals surface area contributed by atoms with E-state index in [4.69, 9.17) is 10.7 Å². The van der Waals surface area contributed by atoms with Crippen molar-refractivity contribution in [2.24, 2.45) is 21.6 Å². The van der Waals surface area contributed by atoms with Gasteiger partial charge in [-0.25, -0.2) is 4.99 Å². The molecule has 25 heavy (non-hydrogen) atoms. The standard InChI is InChI=1S/C19H21N5S/c20-18-19-23-14(13-5-3-7-21-9-13)11-24(19)15(10-22-18)17-8-12-4-1-2-6-16(12)25-17/h1-2,4,6,8,10,13-14,21H,3,5,7,9,11H2,(H2,20,22)/t13-,14?/m0/s1. The predicted molar refractivity (Wildman–Crippen MR) is 105 cm³/mol. The molecule has 6 heteroatoms. The molecule has 0 radical (unpaired) electrons. The molecule has 2 aromatic rings. The fourth-order valence-corrected chi connectivity index (χ4v) is 5.06. The highest BCUT2D eigenvalue weighted by molar-refractivity contribution is 7.20. The van der Waals surface area contributed by atoms with Crippen molar-refractivity contribution in [2.75, 3.05) is 19.6 Å². The number of amidine groups is 2. The molecule has 3 aliphatic heterocycles. The molecular weight excluding hydrogens is 330 g/mol. The number of hydrogen-bond donors (Lipinski definition) is 2. The monoisotopic (exact) mass is 351 g/mol. The van der Waals surface area contributed by atoms with Crippen molar-refractivity contribution >= 4 is 38.8 Å². The SMILES string of the molecule is NC1=NC=C(c2cc3ccccc3s2)N2CC([C@H]3CCCNC3)N=C12. The van der Waals surface area contributed by atoms with Crippen molar-refractivity contribution < 1.29 is 0 Å². The van der Waals surface area contributed by atoms with Crippen LogP contribution in [-0.4, -0.2) is 42.2 Å². The van der Waals surface area contributed by atoms with Gasteiger partial charge in [0.1, 0.15) is 0 Å². The summed E-state index contributed by atoms with van der Waals surface area (Å²) in [4.78, 5) is 12.9. The Morgan fingerprint density at radius 1 is 1.28 bits per heavy atom. The maximum Gasteiger partial charge on any atom is 0.171 e. The van der Waals surface area contributed by atoms with Crippen molar-refractivity contribution in [3.8, 4) is 0 Å². The van der Waals surface area contributed by atoms with Crippen molar-refractivity contribution in [1.82, 2.24) is 10.2 Å². The van der Waals surface area contributed by atoms with Gasteiger partial charge in [-0.15, -0.1) is 11.3 Å². The van der Waals surface area contributed by atoms with Crippen molar-refractivity contribution in [1.29, 1.82) is 0 Å². The summed E-state index contributed by atoms with van der Waals surface area (Å²) in [5, 5.41) is 4.78. The van der Waals surface area contributed by atoms with Gasteiger partial charge in [0.25, 0.3) is 0 Å². The number of hydrogen-bond acceptors (Lipinski definition) is 6. The van der Waals surface area contributed by atoms with Crippen LogP contribution in [0.5, 0.6) is 0 Å². The van der Waals surface area contributed by atoms with Crippen LogP contribution in [0, 0.1) is 5.92 Å². The Morgan fingerprint density at radius 3 is 3.04 bits per heavy atom. The van der Waals surface area contributed by atoms with E-state index < -0.39 is 0 Å².